The highest BCUT2D eigenvalue weighted by Gasteiger charge is 2.18. The minimum Gasteiger partial charge on any atom is -0.466 e. The molecule has 0 aromatic carbocycles. The highest BCUT2D eigenvalue weighted by molar-refractivity contribution is 6.18. The highest BCUT2D eigenvalue weighted by Crippen LogP contribution is 2.07. The van der Waals surface area contributed by atoms with Crippen LogP contribution in [0.1, 0.15) is 58.8 Å². The second-order valence-electron chi connectivity index (χ2n) is 4.50. The third-order valence-corrected chi connectivity index (χ3v) is 2.92. The molecule has 0 aromatic heterocycles. The Hall–Kier alpha value is -0.770. The summed E-state index contributed by atoms with van der Waals surface area (Å²) >= 11 is 5.67. The molecule has 0 aliphatic heterocycles. The smallest absolute Gasteiger partial charge is 0.309 e. The lowest BCUT2D eigenvalue weighted by Gasteiger charge is -2.14. The fraction of sp³-hybridized carbons (Fsp3) is 0.857. The molecule has 0 spiro atoms. The average Bonchev–Trinajstić information content (AvgIpc) is 2.38. The molecule has 0 heterocycles. The summed E-state index contributed by atoms with van der Waals surface area (Å²) in [7, 11) is 0. The molecule has 4 nitrogen and oxygen atoms in total. The lowest BCUT2D eigenvalue weighted by Crippen LogP contribution is -2.24. The third-order valence-electron chi connectivity index (χ3n) is 2.58. The zero-order valence-electron chi connectivity index (χ0n) is 12.0. The molecule has 0 aromatic rings. The number of hydrogen-bond donors (Lipinski definition) is 0. The lowest BCUT2D eigenvalue weighted by atomic mass is 10.2. The van der Waals surface area contributed by atoms with E-state index in [1.54, 1.807) is 0 Å². The van der Waals surface area contributed by atoms with Gasteiger partial charge in [-0.1, -0.05) is 33.1 Å². The van der Waals surface area contributed by atoms with Crippen LogP contribution in [0.15, 0.2) is 0 Å². The van der Waals surface area contributed by atoms with E-state index in [1.807, 2.05) is 6.92 Å². The van der Waals surface area contributed by atoms with Crippen LogP contribution >= 0.6 is 11.6 Å². The monoisotopic (exact) mass is 292 g/mol. The minimum absolute atomic E-state index is 0.0345. The largest absolute Gasteiger partial charge is 0.466 e. The van der Waals surface area contributed by atoms with E-state index in [1.165, 1.54) is 0 Å². The second kappa shape index (κ2) is 12.3. The maximum atomic E-state index is 11.5. The van der Waals surface area contributed by atoms with Crippen molar-refractivity contribution in [2.45, 2.75) is 64.9 Å². The highest BCUT2D eigenvalue weighted by atomic mass is 35.5. The van der Waals surface area contributed by atoms with Crippen molar-refractivity contribution in [3.05, 3.63) is 0 Å². The van der Waals surface area contributed by atoms with Gasteiger partial charge >= 0.3 is 11.9 Å². The van der Waals surface area contributed by atoms with Gasteiger partial charge in [0.2, 0.25) is 0 Å². The van der Waals surface area contributed by atoms with Crippen molar-refractivity contribution in [2.24, 2.45) is 0 Å². The quantitative estimate of drug-likeness (QED) is 0.332. The van der Waals surface area contributed by atoms with Gasteiger partial charge in [-0.25, -0.2) is 0 Å². The molecule has 0 rings (SSSR count). The van der Waals surface area contributed by atoms with Crippen molar-refractivity contribution in [2.75, 3.05) is 12.5 Å². The number of hydrogen-bond acceptors (Lipinski definition) is 4. The van der Waals surface area contributed by atoms with Gasteiger partial charge in [-0.15, -0.1) is 11.6 Å². The molecule has 19 heavy (non-hydrogen) atoms. The Balaban J connectivity index is 3.77. The molecule has 0 bridgehead atoms. The molecule has 0 amide bonds. The van der Waals surface area contributed by atoms with E-state index < -0.39 is 6.10 Å². The number of halogens is 1. The predicted molar refractivity (Wildman–Crippen MR) is 75.2 cm³/mol. The van der Waals surface area contributed by atoms with Gasteiger partial charge in [-0.05, 0) is 12.8 Å². The van der Waals surface area contributed by atoms with Crippen molar-refractivity contribution >= 4 is 23.5 Å². The van der Waals surface area contributed by atoms with Crippen LogP contribution in [0.25, 0.3) is 0 Å². The third kappa shape index (κ3) is 10.8. The van der Waals surface area contributed by atoms with Gasteiger partial charge in [-0.2, -0.15) is 0 Å². The van der Waals surface area contributed by atoms with Crippen molar-refractivity contribution in [3.8, 4) is 0 Å². The molecule has 1 atom stereocenters. The van der Waals surface area contributed by atoms with Crippen molar-refractivity contribution in [1.29, 1.82) is 0 Å². The van der Waals surface area contributed by atoms with Crippen molar-refractivity contribution < 1.29 is 19.1 Å². The van der Waals surface area contributed by atoms with Crippen LogP contribution < -0.4 is 0 Å². The Morgan fingerprint density at radius 2 is 1.79 bits per heavy atom. The van der Waals surface area contributed by atoms with Gasteiger partial charge in [0.05, 0.1) is 18.9 Å². The number of alkyl halides is 1. The Morgan fingerprint density at radius 3 is 2.37 bits per heavy atom. The lowest BCUT2D eigenvalue weighted by molar-refractivity contribution is -0.154. The number of rotatable bonds is 11. The van der Waals surface area contributed by atoms with Crippen LogP contribution in [-0.4, -0.2) is 30.5 Å². The summed E-state index contributed by atoms with van der Waals surface area (Å²) < 4.78 is 10.2. The Bertz CT molecular complexity index is 256. The fourth-order valence-corrected chi connectivity index (χ4v) is 1.71. The Morgan fingerprint density at radius 1 is 1.05 bits per heavy atom. The molecule has 112 valence electrons. The maximum absolute atomic E-state index is 11.5. The van der Waals surface area contributed by atoms with E-state index in [4.69, 9.17) is 21.1 Å². The zero-order chi connectivity index (χ0) is 14.5. The first-order valence-corrected chi connectivity index (χ1v) is 7.58. The van der Waals surface area contributed by atoms with Crippen LogP contribution in [0.4, 0.5) is 0 Å². The first-order chi connectivity index (χ1) is 9.13. The molecule has 0 N–H and O–H groups in total. The second-order valence-corrected chi connectivity index (χ2v) is 4.81. The fourth-order valence-electron chi connectivity index (χ4n) is 1.54. The molecule has 0 fully saturated rings. The van der Waals surface area contributed by atoms with Crippen LogP contribution in [0, 0.1) is 0 Å². The van der Waals surface area contributed by atoms with Gasteiger partial charge in [0.25, 0.3) is 0 Å². The summed E-state index contributed by atoms with van der Waals surface area (Å²) in [5.41, 5.74) is 0. The van der Waals surface area contributed by atoms with E-state index in [2.05, 4.69) is 6.92 Å². The van der Waals surface area contributed by atoms with Crippen LogP contribution in [0.5, 0.6) is 0 Å². The first-order valence-electron chi connectivity index (χ1n) is 7.05. The first kappa shape index (κ1) is 18.2. The number of esters is 2. The number of unbranched alkanes of at least 4 members (excludes halogenated alkanes) is 3. The summed E-state index contributed by atoms with van der Waals surface area (Å²) in [4.78, 5) is 22.8. The van der Waals surface area contributed by atoms with Gasteiger partial charge in [0.15, 0.2) is 0 Å². The topological polar surface area (TPSA) is 52.6 Å². The molecule has 5 heteroatoms. The molecule has 0 saturated heterocycles. The Kier molecular flexibility index (Phi) is 11.8. The standard InChI is InChI=1S/C14H25ClO4/c1-3-5-6-7-9-18-14(17)10-12(11-15)19-13(16)8-4-2/h12H,3-11H2,1-2H3. The normalized spacial score (nSPS) is 11.9. The summed E-state index contributed by atoms with van der Waals surface area (Å²) in [5.74, 6) is -0.559. The molecule has 1 unspecified atom stereocenters. The average molecular weight is 293 g/mol. The van der Waals surface area contributed by atoms with Gasteiger partial charge in [0, 0.05) is 6.42 Å². The molecular weight excluding hydrogens is 268 g/mol. The number of carbonyl (C=O) groups is 2. The van der Waals surface area contributed by atoms with E-state index in [0.29, 0.717) is 13.0 Å². The van der Waals surface area contributed by atoms with Crippen molar-refractivity contribution in [3.63, 3.8) is 0 Å². The summed E-state index contributed by atoms with van der Waals surface area (Å²) in [6.45, 7) is 4.44. The summed E-state index contributed by atoms with van der Waals surface area (Å²) in [6, 6.07) is 0. The zero-order valence-corrected chi connectivity index (χ0v) is 12.7. The van der Waals surface area contributed by atoms with Gasteiger partial charge in [0.1, 0.15) is 6.10 Å². The minimum atomic E-state index is -0.580. The summed E-state index contributed by atoms with van der Waals surface area (Å²) in [5, 5.41) is 0. The summed E-state index contributed by atoms with van der Waals surface area (Å²) in [6.07, 6.45) is 4.76. The Labute approximate surface area is 120 Å². The number of ether oxygens (including phenoxy) is 2. The van der Waals surface area contributed by atoms with E-state index >= 15 is 0 Å². The predicted octanol–water partition coefficient (Wildman–Crippen LogP) is 3.45. The SMILES string of the molecule is CCCCCCOC(=O)CC(CCl)OC(=O)CCC. The van der Waals surface area contributed by atoms with E-state index in [9.17, 15) is 9.59 Å². The molecule has 0 aliphatic carbocycles. The van der Waals surface area contributed by atoms with Gasteiger partial charge in [-0.3, -0.25) is 9.59 Å². The molecule has 0 saturated carbocycles. The van der Waals surface area contributed by atoms with Crippen molar-refractivity contribution in [1.82, 2.24) is 0 Å². The molecule has 0 radical (unpaired) electrons. The molecule has 0 aliphatic rings. The maximum Gasteiger partial charge on any atom is 0.309 e. The van der Waals surface area contributed by atoms with Gasteiger partial charge < -0.3 is 9.47 Å². The number of carbonyl (C=O) groups excluding carboxylic acids is 2. The van der Waals surface area contributed by atoms with E-state index in [-0.39, 0.29) is 24.2 Å². The van der Waals surface area contributed by atoms with E-state index in [0.717, 1.165) is 32.1 Å². The van der Waals surface area contributed by atoms with Crippen LogP contribution in [-0.2, 0) is 19.1 Å². The van der Waals surface area contributed by atoms with Crippen LogP contribution in [0.3, 0.4) is 0 Å². The molecular formula is C14H25ClO4. The van der Waals surface area contributed by atoms with Crippen LogP contribution in [0.2, 0.25) is 0 Å².